The Hall–Kier alpha value is -2.32. The van der Waals surface area contributed by atoms with Gasteiger partial charge in [0.1, 0.15) is 5.82 Å². The van der Waals surface area contributed by atoms with Crippen LogP contribution in [-0.2, 0) is 9.84 Å². The molecule has 0 unspecified atom stereocenters. The Morgan fingerprint density at radius 2 is 1.83 bits per heavy atom. The Morgan fingerprint density at radius 1 is 1.10 bits per heavy atom. The summed E-state index contributed by atoms with van der Waals surface area (Å²) in [7, 11) is -3.72. The van der Waals surface area contributed by atoms with Crippen molar-refractivity contribution in [3.8, 4) is 0 Å². The molecule has 0 aromatic heterocycles. The predicted molar refractivity (Wildman–Crippen MR) is 114 cm³/mol. The number of halogens is 1. The van der Waals surface area contributed by atoms with Crippen LogP contribution in [0.1, 0.15) is 63.0 Å². The molecule has 0 radical (unpaired) electrons. The summed E-state index contributed by atoms with van der Waals surface area (Å²) in [6, 6.07) is 9.10. The minimum absolute atomic E-state index is 0.0376. The van der Waals surface area contributed by atoms with Gasteiger partial charge in [-0.2, -0.15) is 0 Å². The van der Waals surface area contributed by atoms with Gasteiger partial charge in [0.25, 0.3) is 5.69 Å². The first-order valence-corrected chi connectivity index (χ1v) is 11.8. The largest absolute Gasteiger partial charge is 0.392 e. The highest BCUT2D eigenvalue weighted by atomic mass is 32.2. The van der Waals surface area contributed by atoms with Gasteiger partial charge in [0.05, 0.1) is 21.7 Å². The van der Waals surface area contributed by atoms with Gasteiger partial charge in [-0.05, 0) is 42.2 Å². The molecule has 1 N–H and O–H groups in total. The van der Waals surface area contributed by atoms with E-state index in [-0.39, 0.29) is 28.3 Å². The van der Waals surface area contributed by atoms with Crippen LogP contribution in [0.5, 0.6) is 0 Å². The summed E-state index contributed by atoms with van der Waals surface area (Å²) in [5.74, 6) is -1.62. The number of non-ortho nitro benzene ring substituents is 1. The second kappa shape index (κ2) is 10.6. The molecule has 0 aliphatic rings. The van der Waals surface area contributed by atoms with Crippen molar-refractivity contribution < 1.29 is 22.8 Å². The number of sulfone groups is 1. The minimum Gasteiger partial charge on any atom is -0.392 e. The van der Waals surface area contributed by atoms with Crippen molar-refractivity contribution in [2.75, 3.05) is 5.75 Å². The van der Waals surface area contributed by atoms with E-state index < -0.39 is 32.6 Å². The van der Waals surface area contributed by atoms with E-state index in [4.69, 9.17) is 0 Å². The molecule has 0 spiro atoms. The fraction of sp³-hybridized carbons (Fsp3) is 0.455. The Labute approximate surface area is 176 Å². The third-order valence-corrected chi connectivity index (χ3v) is 7.02. The molecule has 0 heterocycles. The molecule has 2 aromatic carbocycles. The first-order chi connectivity index (χ1) is 14.2. The average molecular weight is 438 g/mol. The maximum Gasteiger partial charge on any atom is 0.269 e. The second-order valence-electron chi connectivity index (χ2n) is 7.37. The lowest BCUT2D eigenvalue weighted by molar-refractivity contribution is -0.384. The topological polar surface area (TPSA) is 97.5 Å². The van der Waals surface area contributed by atoms with Crippen molar-refractivity contribution in [2.24, 2.45) is 0 Å². The number of nitro benzene ring substituents is 1. The first kappa shape index (κ1) is 24.0. The van der Waals surface area contributed by atoms with E-state index in [0.717, 1.165) is 31.4 Å². The zero-order valence-electron chi connectivity index (χ0n) is 17.3. The van der Waals surface area contributed by atoms with Crippen LogP contribution >= 0.6 is 0 Å². The SMILES string of the molecule is CCCCCCS(=O)(=O)c1ccc(F)cc1[C@@H](c1cccc([N+](=O)[O-])c1)[C@@H](O)CC. The van der Waals surface area contributed by atoms with Gasteiger partial charge in [0, 0.05) is 18.1 Å². The molecule has 0 aliphatic heterocycles. The van der Waals surface area contributed by atoms with Crippen LogP contribution in [0.4, 0.5) is 10.1 Å². The fourth-order valence-electron chi connectivity index (χ4n) is 3.55. The van der Waals surface area contributed by atoms with Crippen molar-refractivity contribution in [2.45, 2.75) is 62.9 Å². The van der Waals surface area contributed by atoms with Gasteiger partial charge in [-0.1, -0.05) is 45.2 Å². The van der Waals surface area contributed by atoms with E-state index >= 15 is 0 Å². The summed E-state index contributed by atoms with van der Waals surface area (Å²) in [5.41, 5.74) is 0.313. The molecule has 6 nitrogen and oxygen atoms in total. The number of unbranched alkanes of at least 4 members (excludes halogenated alkanes) is 3. The normalized spacial score (nSPS) is 13.7. The highest BCUT2D eigenvalue weighted by Crippen LogP contribution is 2.36. The lowest BCUT2D eigenvalue weighted by Crippen LogP contribution is -2.22. The summed E-state index contributed by atoms with van der Waals surface area (Å²) in [4.78, 5) is 10.6. The summed E-state index contributed by atoms with van der Waals surface area (Å²) in [5, 5.41) is 21.9. The molecule has 164 valence electrons. The van der Waals surface area contributed by atoms with Crippen molar-refractivity contribution in [1.29, 1.82) is 0 Å². The molecule has 0 fully saturated rings. The van der Waals surface area contributed by atoms with Crippen LogP contribution in [0, 0.1) is 15.9 Å². The molecule has 8 heteroatoms. The van der Waals surface area contributed by atoms with Gasteiger partial charge in [0.2, 0.25) is 0 Å². The monoisotopic (exact) mass is 437 g/mol. The Kier molecular flexibility index (Phi) is 8.49. The number of hydrogen-bond acceptors (Lipinski definition) is 5. The Balaban J connectivity index is 2.58. The predicted octanol–water partition coefficient (Wildman–Crippen LogP) is 4.99. The minimum atomic E-state index is -3.72. The van der Waals surface area contributed by atoms with Crippen molar-refractivity contribution in [3.05, 3.63) is 69.5 Å². The van der Waals surface area contributed by atoms with Crippen molar-refractivity contribution in [1.82, 2.24) is 0 Å². The highest BCUT2D eigenvalue weighted by Gasteiger charge is 2.30. The highest BCUT2D eigenvalue weighted by molar-refractivity contribution is 7.91. The zero-order valence-corrected chi connectivity index (χ0v) is 18.1. The Bertz CT molecular complexity index is 977. The molecule has 0 saturated heterocycles. The molecule has 0 bridgehead atoms. The first-order valence-electron chi connectivity index (χ1n) is 10.2. The van der Waals surface area contributed by atoms with E-state index in [0.29, 0.717) is 12.0 Å². The molecule has 0 amide bonds. The van der Waals surface area contributed by atoms with Gasteiger partial charge in [-0.25, -0.2) is 12.8 Å². The number of hydrogen-bond donors (Lipinski definition) is 1. The van der Waals surface area contributed by atoms with Crippen LogP contribution < -0.4 is 0 Å². The third-order valence-electron chi connectivity index (χ3n) is 5.15. The van der Waals surface area contributed by atoms with Gasteiger partial charge in [0.15, 0.2) is 9.84 Å². The van der Waals surface area contributed by atoms with E-state index in [1.807, 2.05) is 6.92 Å². The third kappa shape index (κ3) is 5.86. The van der Waals surface area contributed by atoms with Crippen LogP contribution in [0.25, 0.3) is 0 Å². The van der Waals surface area contributed by atoms with Gasteiger partial charge in [-0.3, -0.25) is 10.1 Å². The summed E-state index contributed by atoms with van der Waals surface area (Å²) >= 11 is 0. The standard InChI is InChI=1S/C22H28FNO5S/c1-3-5-6-7-13-30(28,29)21-12-11-17(23)15-19(21)22(20(25)4-2)16-9-8-10-18(14-16)24(26)27/h8-12,14-15,20,22,25H,3-7,13H2,1-2H3/t20-,22+/m0/s1. The molecule has 0 aliphatic carbocycles. The number of aliphatic hydroxyl groups is 1. The van der Waals surface area contributed by atoms with Crippen LogP contribution in [0.15, 0.2) is 47.4 Å². The molecule has 2 rings (SSSR count). The lowest BCUT2D eigenvalue weighted by Gasteiger charge is -2.25. The Morgan fingerprint density at radius 3 is 2.47 bits per heavy atom. The van der Waals surface area contributed by atoms with Gasteiger partial charge < -0.3 is 5.11 Å². The van der Waals surface area contributed by atoms with Crippen molar-refractivity contribution in [3.63, 3.8) is 0 Å². The number of nitrogens with zero attached hydrogens (tertiary/aromatic N) is 1. The van der Waals surface area contributed by atoms with E-state index in [1.165, 1.54) is 24.3 Å². The average Bonchev–Trinajstić information content (AvgIpc) is 2.71. The van der Waals surface area contributed by atoms with Crippen LogP contribution in [0.2, 0.25) is 0 Å². The van der Waals surface area contributed by atoms with Crippen molar-refractivity contribution >= 4 is 15.5 Å². The molecule has 30 heavy (non-hydrogen) atoms. The quantitative estimate of drug-likeness (QED) is 0.231. The molecule has 2 aromatic rings. The number of aliphatic hydroxyl groups excluding tert-OH is 1. The van der Waals surface area contributed by atoms with Crippen LogP contribution in [0.3, 0.4) is 0 Å². The maximum atomic E-state index is 14.2. The van der Waals surface area contributed by atoms with Gasteiger partial charge in [-0.15, -0.1) is 0 Å². The molecule has 2 atom stereocenters. The molecular weight excluding hydrogens is 409 g/mol. The smallest absolute Gasteiger partial charge is 0.269 e. The second-order valence-corrected chi connectivity index (χ2v) is 9.44. The number of rotatable bonds is 11. The van der Waals surface area contributed by atoms with E-state index in [9.17, 15) is 28.0 Å². The van der Waals surface area contributed by atoms with E-state index in [2.05, 4.69) is 0 Å². The molecule has 0 saturated carbocycles. The maximum absolute atomic E-state index is 14.2. The van der Waals surface area contributed by atoms with Gasteiger partial charge >= 0.3 is 0 Å². The molecular formula is C22H28FNO5S. The zero-order chi connectivity index (χ0) is 22.3. The summed E-state index contributed by atoms with van der Waals surface area (Å²) in [6.45, 7) is 3.75. The number of nitro groups is 1. The van der Waals surface area contributed by atoms with E-state index in [1.54, 1.807) is 13.0 Å². The van der Waals surface area contributed by atoms with Crippen LogP contribution in [-0.4, -0.2) is 30.3 Å². The number of benzene rings is 2. The lowest BCUT2D eigenvalue weighted by atomic mass is 9.85. The fourth-order valence-corrected chi connectivity index (χ4v) is 5.18. The summed E-state index contributed by atoms with van der Waals surface area (Å²) < 4.78 is 40.2. The summed E-state index contributed by atoms with van der Waals surface area (Å²) in [6.07, 6.45) is 2.39.